The predicted molar refractivity (Wildman–Crippen MR) is 92.4 cm³/mol. The fourth-order valence-electron chi connectivity index (χ4n) is 2.18. The average molecular weight is 398 g/mol. The van der Waals surface area contributed by atoms with Crippen LogP contribution >= 0.6 is 0 Å². The molecule has 3 atom stereocenters. The van der Waals surface area contributed by atoms with E-state index in [1.54, 1.807) is 0 Å². The van der Waals surface area contributed by atoms with Crippen molar-refractivity contribution in [2.45, 2.75) is 43.8 Å². The van der Waals surface area contributed by atoms with Gasteiger partial charge < -0.3 is 37.3 Å². The fraction of sp³-hybridized carbons (Fsp3) is 0.467. The number of aromatic amines is 1. The monoisotopic (exact) mass is 398 g/mol. The van der Waals surface area contributed by atoms with E-state index in [0.717, 1.165) is 0 Å². The third kappa shape index (κ3) is 7.82. The smallest absolute Gasteiger partial charge is 0.326 e. The summed E-state index contributed by atoms with van der Waals surface area (Å²) in [6.45, 7) is 0. The summed E-state index contributed by atoms with van der Waals surface area (Å²) >= 11 is 0. The molecule has 0 aliphatic rings. The van der Waals surface area contributed by atoms with Crippen LogP contribution in [0.3, 0.4) is 0 Å². The van der Waals surface area contributed by atoms with Crippen LogP contribution in [0.25, 0.3) is 0 Å². The minimum Gasteiger partial charge on any atom is -0.481 e. The molecule has 0 aliphatic carbocycles. The number of primary amides is 1. The van der Waals surface area contributed by atoms with Crippen LogP contribution in [0.4, 0.5) is 0 Å². The molecule has 0 aliphatic heterocycles. The Labute approximate surface area is 158 Å². The number of aromatic nitrogens is 2. The zero-order valence-electron chi connectivity index (χ0n) is 14.8. The number of nitrogens with zero attached hydrogens (tertiary/aromatic N) is 1. The molecule has 13 heteroatoms. The molecule has 154 valence electrons. The highest BCUT2D eigenvalue weighted by molar-refractivity contribution is 5.93. The number of carboxylic acids is 2. The van der Waals surface area contributed by atoms with Crippen molar-refractivity contribution in [2.24, 2.45) is 11.5 Å². The molecule has 0 saturated carbocycles. The van der Waals surface area contributed by atoms with Crippen molar-refractivity contribution in [2.75, 3.05) is 0 Å². The number of nitrogens with one attached hydrogen (secondary N) is 3. The number of nitrogens with two attached hydrogens (primary N) is 2. The molecule has 1 rings (SSSR count). The Morgan fingerprint density at radius 1 is 1.11 bits per heavy atom. The number of hydrogen-bond acceptors (Lipinski definition) is 7. The quantitative estimate of drug-likeness (QED) is 0.191. The standard InChI is InChI=1S/C15H22N6O7/c16-8(1-2-11(17)22)13(25)20-9(3-7-5-18-6-19-7)14(26)21-10(15(27)28)4-12(23)24/h5-6,8-10H,1-4,16H2,(H2,17,22)(H,18,19)(H,20,25)(H,21,26)(H,23,24)(H,27,28)/t8-,9-,10-/m0/s1. The number of carbonyl (C=O) groups is 5. The van der Waals surface area contributed by atoms with Gasteiger partial charge in [-0.2, -0.15) is 0 Å². The molecule has 1 aromatic heterocycles. The summed E-state index contributed by atoms with van der Waals surface area (Å²) in [4.78, 5) is 63.9. The lowest BCUT2D eigenvalue weighted by atomic mass is 10.1. The van der Waals surface area contributed by atoms with Gasteiger partial charge in [0.1, 0.15) is 12.1 Å². The molecule has 0 radical (unpaired) electrons. The van der Waals surface area contributed by atoms with E-state index < -0.39 is 54.2 Å². The number of H-pyrrole nitrogens is 1. The average Bonchev–Trinajstić information content (AvgIpc) is 3.10. The summed E-state index contributed by atoms with van der Waals surface area (Å²) < 4.78 is 0. The van der Waals surface area contributed by atoms with Gasteiger partial charge in [-0.05, 0) is 6.42 Å². The fourth-order valence-corrected chi connectivity index (χ4v) is 2.18. The number of carboxylic acid groups (broad SMARTS) is 2. The molecule has 28 heavy (non-hydrogen) atoms. The van der Waals surface area contributed by atoms with Crippen LogP contribution in [-0.4, -0.2) is 68.0 Å². The van der Waals surface area contributed by atoms with Crippen molar-refractivity contribution in [1.82, 2.24) is 20.6 Å². The highest BCUT2D eigenvalue weighted by atomic mass is 16.4. The summed E-state index contributed by atoms with van der Waals surface area (Å²) in [7, 11) is 0. The van der Waals surface area contributed by atoms with Gasteiger partial charge in [0.25, 0.3) is 0 Å². The Bertz CT molecular complexity index is 720. The number of aliphatic carboxylic acids is 2. The topological polar surface area (TPSA) is 231 Å². The summed E-state index contributed by atoms with van der Waals surface area (Å²) in [6.07, 6.45) is 1.63. The van der Waals surface area contributed by atoms with Crippen LogP contribution in [0.2, 0.25) is 0 Å². The van der Waals surface area contributed by atoms with Gasteiger partial charge in [-0.25, -0.2) is 9.78 Å². The zero-order chi connectivity index (χ0) is 21.3. The molecule has 0 saturated heterocycles. The molecule has 1 heterocycles. The van der Waals surface area contributed by atoms with Gasteiger partial charge in [-0.15, -0.1) is 0 Å². The third-order valence-electron chi connectivity index (χ3n) is 3.64. The highest BCUT2D eigenvalue weighted by Crippen LogP contribution is 2.03. The first-order valence-electron chi connectivity index (χ1n) is 8.16. The maximum Gasteiger partial charge on any atom is 0.326 e. The van der Waals surface area contributed by atoms with Gasteiger partial charge in [0.2, 0.25) is 17.7 Å². The molecular formula is C15H22N6O7. The molecule has 0 aromatic carbocycles. The molecular weight excluding hydrogens is 376 g/mol. The molecule has 13 nitrogen and oxygen atoms in total. The number of imidazole rings is 1. The second-order valence-electron chi connectivity index (χ2n) is 5.95. The zero-order valence-corrected chi connectivity index (χ0v) is 14.8. The van der Waals surface area contributed by atoms with Crippen molar-refractivity contribution in [3.8, 4) is 0 Å². The second kappa shape index (κ2) is 10.6. The van der Waals surface area contributed by atoms with E-state index in [9.17, 15) is 24.0 Å². The molecule has 1 aromatic rings. The van der Waals surface area contributed by atoms with Crippen LogP contribution < -0.4 is 22.1 Å². The van der Waals surface area contributed by atoms with E-state index in [0.29, 0.717) is 5.69 Å². The first-order chi connectivity index (χ1) is 13.1. The van der Waals surface area contributed by atoms with Crippen LogP contribution in [-0.2, 0) is 30.4 Å². The summed E-state index contributed by atoms with van der Waals surface area (Å²) in [5.41, 5.74) is 11.1. The maximum atomic E-state index is 12.5. The normalized spacial score (nSPS) is 13.8. The van der Waals surface area contributed by atoms with Gasteiger partial charge in [0, 0.05) is 24.7 Å². The Morgan fingerprint density at radius 3 is 2.25 bits per heavy atom. The van der Waals surface area contributed by atoms with E-state index in [2.05, 4.69) is 20.6 Å². The van der Waals surface area contributed by atoms with Crippen LogP contribution in [0.15, 0.2) is 12.5 Å². The van der Waals surface area contributed by atoms with Crippen molar-refractivity contribution < 1.29 is 34.2 Å². The Balaban J connectivity index is 2.87. The lowest BCUT2D eigenvalue weighted by molar-refractivity contribution is -0.147. The van der Waals surface area contributed by atoms with E-state index in [-0.39, 0.29) is 19.3 Å². The van der Waals surface area contributed by atoms with Crippen molar-refractivity contribution in [1.29, 1.82) is 0 Å². The van der Waals surface area contributed by atoms with E-state index in [1.807, 2.05) is 0 Å². The maximum absolute atomic E-state index is 12.5. The first-order valence-corrected chi connectivity index (χ1v) is 8.16. The lowest BCUT2D eigenvalue weighted by Gasteiger charge is -2.22. The van der Waals surface area contributed by atoms with Gasteiger partial charge in [0.15, 0.2) is 0 Å². The lowest BCUT2D eigenvalue weighted by Crippen LogP contribution is -2.55. The molecule has 0 unspecified atom stereocenters. The summed E-state index contributed by atoms with van der Waals surface area (Å²) in [5.74, 6) is -5.28. The largest absolute Gasteiger partial charge is 0.481 e. The van der Waals surface area contributed by atoms with Crippen molar-refractivity contribution in [3.63, 3.8) is 0 Å². The SMILES string of the molecule is NC(=O)CC[C@H](N)C(=O)N[C@@H](Cc1cnc[nH]1)C(=O)N[C@@H](CC(=O)O)C(=O)O. The van der Waals surface area contributed by atoms with Gasteiger partial charge in [-0.3, -0.25) is 19.2 Å². The molecule has 0 bridgehead atoms. The number of rotatable bonds is 12. The van der Waals surface area contributed by atoms with E-state index in [1.165, 1.54) is 12.5 Å². The minimum absolute atomic E-state index is 0.0453. The van der Waals surface area contributed by atoms with Gasteiger partial charge >= 0.3 is 11.9 Å². The van der Waals surface area contributed by atoms with Crippen LogP contribution in [0.5, 0.6) is 0 Å². The van der Waals surface area contributed by atoms with Gasteiger partial charge in [-0.1, -0.05) is 0 Å². The molecule has 3 amide bonds. The highest BCUT2D eigenvalue weighted by Gasteiger charge is 2.29. The second-order valence-corrected chi connectivity index (χ2v) is 5.95. The molecule has 9 N–H and O–H groups in total. The predicted octanol–water partition coefficient (Wildman–Crippen LogP) is -2.93. The number of amides is 3. The number of carbonyl (C=O) groups excluding carboxylic acids is 3. The number of hydrogen-bond donors (Lipinski definition) is 7. The van der Waals surface area contributed by atoms with Crippen LogP contribution in [0, 0.1) is 0 Å². The molecule has 0 fully saturated rings. The van der Waals surface area contributed by atoms with Crippen molar-refractivity contribution in [3.05, 3.63) is 18.2 Å². The van der Waals surface area contributed by atoms with E-state index in [4.69, 9.17) is 21.7 Å². The minimum atomic E-state index is -1.69. The molecule has 0 spiro atoms. The summed E-state index contributed by atoms with van der Waals surface area (Å²) in [6, 6.07) is -4.07. The Kier molecular flexibility index (Phi) is 8.55. The van der Waals surface area contributed by atoms with Gasteiger partial charge in [0.05, 0.1) is 18.8 Å². The van der Waals surface area contributed by atoms with Crippen LogP contribution in [0.1, 0.15) is 25.0 Å². The summed E-state index contributed by atoms with van der Waals surface area (Å²) in [5, 5.41) is 22.2. The Hall–Kier alpha value is -3.48. The Morgan fingerprint density at radius 2 is 1.75 bits per heavy atom. The first kappa shape index (κ1) is 22.6. The van der Waals surface area contributed by atoms with Crippen molar-refractivity contribution >= 4 is 29.7 Å². The van der Waals surface area contributed by atoms with E-state index >= 15 is 0 Å². The third-order valence-corrected chi connectivity index (χ3v) is 3.64.